The fraction of sp³-hybridized carbons (Fsp3) is 0.682. The van der Waals surface area contributed by atoms with Gasteiger partial charge in [-0.25, -0.2) is 0 Å². The second-order valence-electron chi connectivity index (χ2n) is 9.13. The number of rotatable bonds is 4. The van der Waals surface area contributed by atoms with Crippen molar-refractivity contribution in [2.24, 2.45) is 17.8 Å². The van der Waals surface area contributed by atoms with E-state index in [0.717, 1.165) is 0 Å². The van der Waals surface area contributed by atoms with Gasteiger partial charge in [0.1, 0.15) is 12.6 Å². The Bertz CT molecular complexity index is 809. The van der Waals surface area contributed by atoms with Gasteiger partial charge in [0, 0.05) is 17.8 Å². The Kier molecular flexibility index (Phi) is 5.51. The quantitative estimate of drug-likeness (QED) is 0.529. The number of cyclic esters (lactones) is 1. The maximum atomic E-state index is 13.9. The van der Waals surface area contributed by atoms with E-state index in [1.807, 2.05) is 52.0 Å². The molecule has 8 heteroatoms. The minimum absolute atomic E-state index is 0.0262. The molecule has 7 nitrogen and oxygen atoms in total. The van der Waals surface area contributed by atoms with Crippen molar-refractivity contribution < 1.29 is 24.2 Å². The number of nitrogens with zero attached hydrogens (tertiary/aromatic N) is 2. The average Bonchev–Trinajstić information content (AvgIpc) is 2.97. The largest absolute Gasteiger partial charge is 0.461 e. The monoisotopic (exact) mass is 434 g/mol. The summed E-state index contributed by atoms with van der Waals surface area (Å²) in [6.45, 7) is 8.22. The number of aliphatic hydroxyl groups excluding tert-OH is 1. The summed E-state index contributed by atoms with van der Waals surface area (Å²) < 4.78 is 4.51. The summed E-state index contributed by atoms with van der Waals surface area (Å²) in [4.78, 5) is 43.9. The molecule has 4 rings (SSSR count). The van der Waals surface area contributed by atoms with E-state index in [4.69, 9.17) is 4.74 Å². The third-order valence-electron chi connectivity index (χ3n) is 6.82. The smallest absolute Gasteiger partial charge is 0.311 e. The highest BCUT2D eigenvalue weighted by Gasteiger charge is 2.72. The van der Waals surface area contributed by atoms with E-state index in [-0.39, 0.29) is 48.2 Å². The number of likely N-dealkylation sites (tertiary alicyclic amines) is 1. The van der Waals surface area contributed by atoms with Gasteiger partial charge < -0.3 is 19.6 Å². The minimum atomic E-state index is -0.851. The van der Waals surface area contributed by atoms with Crippen LogP contribution in [0.3, 0.4) is 0 Å². The minimum Gasteiger partial charge on any atom is -0.461 e. The number of ether oxygens (including phenoxy) is 1. The Labute approximate surface area is 181 Å². The summed E-state index contributed by atoms with van der Waals surface area (Å²) in [6.07, 6.45) is 7.70. The van der Waals surface area contributed by atoms with Crippen LogP contribution in [0.25, 0.3) is 0 Å². The molecule has 0 bridgehead atoms. The lowest BCUT2D eigenvalue weighted by molar-refractivity contribution is -0.152. The van der Waals surface area contributed by atoms with Crippen molar-refractivity contribution in [3.8, 4) is 0 Å². The van der Waals surface area contributed by atoms with Crippen molar-refractivity contribution in [2.75, 3.05) is 19.8 Å². The van der Waals surface area contributed by atoms with Gasteiger partial charge in [0.05, 0.1) is 29.2 Å². The molecule has 0 aromatic heterocycles. The predicted octanol–water partition coefficient (Wildman–Crippen LogP) is 1.22. The van der Waals surface area contributed by atoms with E-state index in [9.17, 15) is 19.5 Å². The van der Waals surface area contributed by atoms with Gasteiger partial charge in [-0.2, -0.15) is 0 Å². The summed E-state index contributed by atoms with van der Waals surface area (Å²) in [5.41, 5.74) is 0. The molecule has 2 amide bonds. The number of esters is 1. The first-order valence-corrected chi connectivity index (χ1v) is 11.5. The fourth-order valence-electron chi connectivity index (χ4n) is 5.37. The summed E-state index contributed by atoms with van der Waals surface area (Å²) >= 11 is 1.53. The number of thioether (sulfide) groups is 1. The lowest BCUT2D eigenvalue weighted by Gasteiger charge is -2.40. The van der Waals surface area contributed by atoms with E-state index in [0.29, 0.717) is 6.54 Å². The van der Waals surface area contributed by atoms with E-state index in [1.165, 1.54) is 11.8 Å². The number of aliphatic hydroxyl groups is 1. The van der Waals surface area contributed by atoms with Crippen molar-refractivity contribution in [3.05, 3.63) is 24.3 Å². The van der Waals surface area contributed by atoms with Crippen molar-refractivity contribution in [1.82, 2.24) is 9.80 Å². The summed E-state index contributed by atoms with van der Waals surface area (Å²) in [5, 5.41) is 9.93. The molecular weight excluding hydrogens is 404 g/mol. The normalized spacial score (nSPS) is 36.6. The highest BCUT2D eigenvalue weighted by atomic mass is 32.2. The first kappa shape index (κ1) is 21.4. The highest BCUT2D eigenvalue weighted by molar-refractivity contribution is 8.02. The molecule has 1 N–H and O–H groups in total. The molecule has 30 heavy (non-hydrogen) atoms. The van der Waals surface area contributed by atoms with Gasteiger partial charge in [-0.05, 0) is 19.8 Å². The number of amides is 2. The van der Waals surface area contributed by atoms with E-state index < -0.39 is 28.7 Å². The molecule has 1 unspecified atom stereocenters. The van der Waals surface area contributed by atoms with Crippen LogP contribution in [-0.4, -0.2) is 80.6 Å². The van der Waals surface area contributed by atoms with Gasteiger partial charge in [0.25, 0.3) is 0 Å². The standard InChI is InChI=1S/C22H30N2O5S/c1-12(2)14(11-25)24-18-20(27)23(13(3)4)9-6-8-22(18)17(19(24)26)16-15(30-22)7-5-10-29-21(16)28/h5-8,12-18,25H,9-11H2,1-4H3/t14-,15+,16-,17-,18?,22-/m0/s1. The van der Waals surface area contributed by atoms with Crippen molar-refractivity contribution >= 4 is 29.5 Å². The topological polar surface area (TPSA) is 87.2 Å². The molecule has 0 aromatic carbocycles. The maximum absolute atomic E-state index is 13.9. The lowest BCUT2D eigenvalue weighted by atomic mass is 9.78. The third kappa shape index (κ3) is 2.94. The lowest BCUT2D eigenvalue weighted by Crippen LogP contribution is -2.58. The Morgan fingerprint density at radius 2 is 1.93 bits per heavy atom. The maximum Gasteiger partial charge on any atom is 0.311 e. The molecule has 2 fully saturated rings. The second-order valence-corrected chi connectivity index (χ2v) is 10.6. The molecule has 4 aliphatic heterocycles. The molecule has 0 aromatic rings. The Balaban J connectivity index is 1.89. The highest BCUT2D eigenvalue weighted by Crippen LogP contribution is 2.61. The third-order valence-corrected chi connectivity index (χ3v) is 8.56. The molecule has 4 aliphatic rings. The van der Waals surface area contributed by atoms with Crippen LogP contribution in [0.15, 0.2) is 24.3 Å². The van der Waals surface area contributed by atoms with Gasteiger partial charge in [0.2, 0.25) is 11.8 Å². The number of hydrogen-bond donors (Lipinski definition) is 1. The van der Waals surface area contributed by atoms with Crippen LogP contribution in [0, 0.1) is 17.8 Å². The first-order valence-electron chi connectivity index (χ1n) is 10.7. The summed E-state index contributed by atoms with van der Waals surface area (Å²) in [7, 11) is 0. The number of hydrogen-bond acceptors (Lipinski definition) is 6. The average molecular weight is 435 g/mol. The zero-order valence-electron chi connectivity index (χ0n) is 17.9. The van der Waals surface area contributed by atoms with Crippen LogP contribution < -0.4 is 0 Å². The Hall–Kier alpha value is -1.80. The molecule has 6 atom stereocenters. The SMILES string of the molecule is CC(C)[C@H](CO)N1C(=O)[C@@H]2[C@H]3C(=O)OCC=C[C@H]3S[C@@]23C=CCN(C(C)C)C(=O)C13. The van der Waals surface area contributed by atoms with Gasteiger partial charge in [-0.1, -0.05) is 38.2 Å². The van der Waals surface area contributed by atoms with Gasteiger partial charge >= 0.3 is 5.97 Å². The Morgan fingerprint density at radius 3 is 2.57 bits per heavy atom. The van der Waals surface area contributed by atoms with Crippen molar-refractivity contribution in [2.45, 2.75) is 55.8 Å². The number of carbonyl (C=O) groups excluding carboxylic acids is 3. The fourth-order valence-corrected chi connectivity index (χ4v) is 7.36. The molecule has 0 aliphatic carbocycles. The molecule has 0 radical (unpaired) electrons. The Morgan fingerprint density at radius 1 is 1.20 bits per heavy atom. The number of carbonyl (C=O) groups is 3. The molecule has 1 spiro atoms. The molecule has 0 saturated carbocycles. The second kappa shape index (κ2) is 7.71. The van der Waals surface area contributed by atoms with Crippen LogP contribution >= 0.6 is 11.8 Å². The molecule has 164 valence electrons. The summed E-state index contributed by atoms with van der Waals surface area (Å²) in [6, 6.07) is -1.28. The first-order chi connectivity index (χ1) is 14.2. The van der Waals surface area contributed by atoms with E-state index in [1.54, 1.807) is 9.80 Å². The van der Waals surface area contributed by atoms with Crippen molar-refractivity contribution in [3.63, 3.8) is 0 Å². The van der Waals surface area contributed by atoms with Gasteiger partial charge in [-0.15, -0.1) is 11.8 Å². The summed E-state index contributed by atoms with van der Waals surface area (Å²) in [5.74, 6) is -2.10. The number of fused-ring (bicyclic) bond motifs is 2. The van der Waals surface area contributed by atoms with Crippen LogP contribution in [0.5, 0.6) is 0 Å². The van der Waals surface area contributed by atoms with Gasteiger partial charge in [0.15, 0.2) is 0 Å². The van der Waals surface area contributed by atoms with E-state index in [2.05, 4.69) is 0 Å². The van der Waals surface area contributed by atoms with Gasteiger partial charge in [-0.3, -0.25) is 14.4 Å². The molecule has 4 heterocycles. The zero-order valence-corrected chi connectivity index (χ0v) is 18.7. The van der Waals surface area contributed by atoms with Crippen LogP contribution in [0.2, 0.25) is 0 Å². The molecule has 2 saturated heterocycles. The van der Waals surface area contributed by atoms with Crippen molar-refractivity contribution in [1.29, 1.82) is 0 Å². The zero-order chi connectivity index (χ0) is 21.8. The van der Waals surface area contributed by atoms with E-state index >= 15 is 0 Å². The predicted molar refractivity (Wildman–Crippen MR) is 114 cm³/mol. The van der Waals surface area contributed by atoms with Crippen LogP contribution in [0.1, 0.15) is 27.7 Å². The van der Waals surface area contributed by atoms with Crippen LogP contribution in [0.4, 0.5) is 0 Å². The molecular formula is C22H30N2O5S. The van der Waals surface area contributed by atoms with Crippen LogP contribution in [-0.2, 0) is 19.1 Å².